The van der Waals surface area contributed by atoms with Crippen LogP contribution < -0.4 is 0 Å². The van der Waals surface area contributed by atoms with Crippen molar-refractivity contribution in [1.29, 1.82) is 0 Å². The maximum atomic E-state index is 11.6. The van der Waals surface area contributed by atoms with Crippen LogP contribution in [0.3, 0.4) is 0 Å². The molecule has 1 saturated heterocycles. The molecule has 1 fully saturated rings. The third-order valence-corrected chi connectivity index (χ3v) is 2.71. The normalized spacial score (nSPS) is 23.8. The van der Waals surface area contributed by atoms with Crippen LogP contribution in [-0.2, 0) is 9.53 Å². The molecule has 0 aromatic heterocycles. The van der Waals surface area contributed by atoms with E-state index in [1.54, 1.807) is 0 Å². The number of ether oxygens (including phenoxy) is 1. The van der Waals surface area contributed by atoms with E-state index in [0.717, 1.165) is 18.4 Å². The molecule has 0 unspecified atom stereocenters. The zero-order chi connectivity index (χ0) is 10.7. The van der Waals surface area contributed by atoms with Crippen LogP contribution in [-0.4, -0.2) is 11.9 Å². The van der Waals surface area contributed by atoms with Gasteiger partial charge in [-0.1, -0.05) is 43.7 Å². The molecule has 0 radical (unpaired) electrons. The molecule has 0 saturated carbocycles. The van der Waals surface area contributed by atoms with Crippen molar-refractivity contribution in [3.05, 3.63) is 35.9 Å². The molecule has 0 amide bonds. The lowest BCUT2D eigenvalue weighted by molar-refractivity contribution is -0.120. The Morgan fingerprint density at radius 3 is 2.73 bits per heavy atom. The van der Waals surface area contributed by atoms with Crippen LogP contribution in [0.25, 0.3) is 0 Å². The quantitative estimate of drug-likeness (QED) is 0.690. The summed E-state index contributed by atoms with van der Waals surface area (Å²) >= 11 is 0. The molecule has 1 aliphatic heterocycles. The Balaban J connectivity index is 1.88. The van der Waals surface area contributed by atoms with Crippen LogP contribution in [0, 0.1) is 0 Å². The van der Waals surface area contributed by atoms with E-state index in [0.29, 0.717) is 6.42 Å². The fourth-order valence-corrected chi connectivity index (χ4v) is 1.75. The zero-order valence-electron chi connectivity index (χ0n) is 8.98. The van der Waals surface area contributed by atoms with Crippen molar-refractivity contribution in [2.75, 3.05) is 0 Å². The highest BCUT2D eigenvalue weighted by Crippen LogP contribution is 2.39. The first-order valence-corrected chi connectivity index (χ1v) is 5.56. The summed E-state index contributed by atoms with van der Waals surface area (Å²) in [6.07, 6.45) is 2.55. The molecule has 0 bridgehead atoms. The fourth-order valence-electron chi connectivity index (χ4n) is 1.75. The van der Waals surface area contributed by atoms with Crippen LogP contribution in [0.4, 0.5) is 0 Å². The molecule has 2 atom stereocenters. The lowest BCUT2D eigenvalue weighted by atomic mass is 10.0. The van der Waals surface area contributed by atoms with Crippen molar-refractivity contribution in [1.82, 2.24) is 0 Å². The SMILES string of the molecule is CCCCC(=O)[C@@H]1O[C@H]1c1ccccc1. The number of Topliss-reactive ketones (excluding diaryl/α,β-unsaturated/α-hetero) is 1. The van der Waals surface area contributed by atoms with Gasteiger partial charge in [0.1, 0.15) is 12.2 Å². The van der Waals surface area contributed by atoms with Crippen molar-refractivity contribution in [3.63, 3.8) is 0 Å². The number of epoxide rings is 1. The number of carbonyl (C=O) groups is 1. The average Bonchev–Trinajstić information content (AvgIpc) is 3.07. The Bertz CT molecular complexity index is 332. The van der Waals surface area contributed by atoms with Gasteiger partial charge in [0.05, 0.1) is 0 Å². The molecule has 1 aromatic rings. The van der Waals surface area contributed by atoms with Gasteiger partial charge in [0, 0.05) is 6.42 Å². The molecular weight excluding hydrogens is 188 g/mol. The van der Waals surface area contributed by atoms with Crippen molar-refractivity contribution < 1.29 is 9.53 Å². The first-order chi connectivity index (χ1) is 7.33. The van der Waals surface area contributed by atoms with Crippen molar-refractivity contribution in [2.45, 2.75) is 38.4 Å². The standard InChI is InChI=1S/C13H16O2/c1-2-3-9-11(14)13-12(15-13)10-7-5-4-6-8-10/h4-8,12-13H,2-3,9H2,1H3/t12-,13-/m0/s1. The highest BCUT2D eigenvalue weighted by molar-refractivity contribution is 5.86. The Kier molecular flexibility index (Phi) is 3.17. The molecule has 0 spiro atoms. The van der Waals surface area contributed by atoms with Crippen molar-refractivity contribution in [2.24, 2.45) is 0 Å². The predicted octanol–water partition coefficient (Wildman–Crippen LogP) is 2.89. The number of hydrogen-bond donors (Lipinski definition) is 0. The number of carbonyl (C=O) groups excluding carboxylic acids is 1. The van der Waals surface area contributed by atoms with Crippen molar-refractivity contribution in [3.8, 4) is 0 Å². The van der Waals surface area contributed by atoms with E-state index in [1.165, 1.54) is 0 Å². The highest BCUT2D eigenvalue weighted by atomic mass is 16.6. The van der Waals surface area contributed by atoms with E-state index in [2.05, 4.69) is 6.92 Å². The second kappa shape index (κ2) is 4.58. The van der Waals surface area contributed by atoms with Gasteiger partial charge in [0.25, 0.3) is 0 Å². The smallest absolute Gasteiger partial charge is 0.164 e. The number of hydrogen-bond acceptors (Lipinski definition) is 2. The van der Waals surface area contributed by atoms with Gasteiger partial charge in [-0.25, -0.2) is 0 Å². The zero-order valence-corrected chi connectivity index (χ0v) is 8.98. The molecule has 2 nitrogen and oxygen atoms in total. The summed E-state index contributed by atoms with van der Waals surface area (Å²) in [5, 5.41) is 0. The first kappa shape index (κ1) is 10.4. The van der Waals surface area contributed by atoms with Gasteiger partial charge >= 0.3 is 0 Å². The van der Waals surface area contributed by atoms with Gasteiger partial charge in [-0.05, 0) is 12.0 Å². The molecule has 0 aliphatic carbocycles. The Morgan fingerprint density at radius 2 is 2.07 bits per heavy atom. The summed E-state index contributed by atoms with van der Waals surface area (Å²) in [7, 11) is 0. The topological polar surface area (TPSA) is 29.6 Å². The van der Waals surface area contributed by atoms with Gasteiger partial charge in [0.15, 0.2) is 5.78 Å². The third-order valence-electron chi connectivity index (χ3n) is 2.71. The molecule has 80 valence electrons. The summed E-state index contributed by atoms with van der Waals surface area (Å²) in [4.78, 5) is 11.6. The number of rotatable bonds is 5. The van der Waals surface area contributed by atoms with Crippen molar-refractivity contribution >= 4 is 5.78 Å². The van der Waals surface area contributed by atoms with E-state index in [1.807, 2.05) is 30.3 Å². The minimum absolute atomic E-state index is 0.0237. The molecule has 0 N–H and O–H groups in total. The van der Waals surface area contributed by atoms with Crippen LogP contribution in [0.15, 0.2) is 30.3 Å². The fraction of sp³-hybridized carbons (Fsp3) is 0.462. The maximum absolute atomic E-state index is 11.6. The van der Waals surface area contributed by atoms with E-state index < -0.39 is 0 Å². The first-order valence-electron chi connectivity index (χ1n) is 5.56. The molecule has 1 aromatic carbocycles. The monoisotopic (exact) mass is 204 g/mol. The Morgan fingerprint density at radius 1 is 1.33 bits per heavy atom. The summed E-state index contributed by atoms with van der Waals surface area (Å²) in [5.41, 5.74) is 1.12. The van der Waals surface area contributed by atoms with Crippen LogP contribution in [0.2, 0.25) is 0 Å². The molecule has 1 heterocycles. The van der Waals surface area contributed by atoms with Gasteiger partial charge in [-0.3, -0.25) is 4.79 Å². The molecular formula is C13H16O2. The van der Waals surface area contributed by atoms with Gasteiger partial charge in [0.2, 0.25) is 0 Å². The minimum atomic E-state index is -0.168. The van der Waals surface area contributed by atoms with Crippen LogP contribution in [0.5, 0.6) is 0 Å². The van der Waals surface area contributed by atoms with Gasteiger partial charge in [-0.15, -0.1) is 0 Å². The lowest BCUT2D eigenvalue weighted by Crippen LogP contribution is -2.06. The molecule has 15 heavy (non-hydrogen) atoms. The highest BCUT2D eigenvalue weighted by Gasteiger charge is 2.44. The summed E-state index contributed by atoms with van der Waals surface area (Å²) in [6, 6.07) is 9.95. The van der Waals surface area contributed by atoms with Crippen LogP contribution >= 0.6 is 0 Å². The Labute approximate surface area is 90.3 Å². The van der Waals surface area contributed by atoms with E-state index in [-0.39, 0.29) is 18.0 Å². The number of benzene rings is 1. The maximum Gasteiger partial charge on any atom is 0.164 e. The second-order valence-corrected chi connectivity index (χ2v) is 3.96. The minimum Gasteiger partial charge on any atom is -0.356 e. The summed E-state index contributed by atoms with van der Waals surface area (Å²) in [5.74, 6) is 0.255. The number of unbranched alkanes of at least 4 members (excludes halogenated alkanes) is 1. The van der Waals surface area contributed by atoms with E-state index in [9.17, 15) is 4.79 Å². The van der Waals surface area contributed by atoms with E-state index >= 15 is 0 Å². The largest absolute Gasteiger partial charge is 0.356 e. The van der Waals surface area contributed by atoms with Gasteiger partial charge < -0.3 is 4.74 Å². The second-order valence-electron chi connectivity index (χ2n) is 3.96. The molecule has 2 rings (SSSR count). The average molecular weight is 204 g/mol. The lowest BCUT2D eigenvalue weighted by Gasteiger charge is -1.95. The predicted molar refractivity (Wildman–Crippen MR) is 58.6 cm³/mol. The van der Waals surface area contributed by atoms with E-state index in [4.69, 9.17) is 4.74 Å². The van der Waals surface area contributed by atoms with Gasteiger partial charge in [-0.2, -0.15) is 0 Å². The third kappa shape index (κ3) is 2.45. The molecule has 1 aliphatic rings. The number of ketones is 1. The van der Waals surface area contributed by atoms with Crippen LogP contribution in [0.1, 0.15) is 37.9 Å². The molecule has 2 heteroatoms. The Hall–Kier alpha value is -1.15. The summed E-state index contributed by atoms with van der Waals surface area (Å²) < 4.78 is 5.41. The summed E-state index contributed by atoms with van der Waals surface area (Å²) in [6.45, 7) is 2.09.